The molecule has 1 fully saturated rings. The maximum atomic E-state index is 12.2. The van der Waals surface area contributed by atoms with Crippen molar-refractivity contribution >= 4 is 11.9 Å². The Morgan fingerprint density at radius 2 is 1.77 bits per heavy atom. The van der Waals surface area contributed by atoms with Gasteiger partial charge in [-0.05, 0) is 44.0 Å². The summed E-state index contributed by atoms with van der Waals surface area (Å²) in [4.78, 5) is 23.5. The Labute approximate surface area is 131 Å². The monoisotopic (exact) mass is 305 g/mol. The van der Waals surface area contributed by atoms with Crippen molar-refractivity contribution in [1.82, 2.24) is 5.32 Å². The number of carbonyl (C=O) groups excluding carboxylic acids is 2. The van der Waals surface area contributed by atoms with Gasteiger partial charge in [-0.2, -0.15) is 0 Å². The van der Waals surface area contributed by atoms with E-state index in [0.29, 0.717) is 11.3 Å². The molecule has 0 bridgehead atoms. The van der Waals surface area contributed by atoms with Gasteiger partial charge in [-0.25, -0.2) is 4.79 Å². The Bertz CT molecular complexity index is 506. The predicted octanol–water partition coefficient (Wildman–Crippen LogP) is 2.69. The van der Waals surface area contributed by atoms with Crippen molar-refractivity contribution in [2.45, 2.75) is 51.2 Å². The molecule has 1 aromatic carbocycles. The highest BCUT2D eigenvalue weighted by Gasteiger charge is 2.17. The lowest BCUT2D eigenvalue weighted by Gasteiger charge is -2.22. The van der Waals surface area contributed by atoms with Crippen LogP contribution in [0.25, 0.3) is 0 Å². The molecule has 0 heterocycles. The Morgan fingerprint density at radius 3 is 2.36 bits per heavy atom. The molecule has 1 aliphatic rings. The van der Waals surface area contributed by atoms with Crippen molar-refractivity contribution in [3.63, 3.8) is 0 Å². The number of hydrogen-bond donors (Lipinski definition) is 1. The molecule has 5 nitrogen and oxygen atoms in total. The van der Waals surface area contributed by atoms with Crippen LogP contribution in [-0.2, 0) is 9.53 Å². The normalized spacial score (nSPS) is 16.6. The Kier molecular flexibility index (Phi) is 5.81. The third-order valence-corrected chi connectivity index (χ3v) is 3.90. The van der Waals surface area contributed by atoms with E-state index >= 15 is 0 Å². The molecule has 0 aliphatic heterocycles. The molecule has 0 aromatic heterocycles. The third-order valence-electron chi connectivity index (χ3n) is 3.90. The molecule has 5 heteroatoms. The van der Waals surface area contributed by atoms with Gasteiger partial charge < -0.3 is 14.8 Å². The summed E-state index contributed by atoms with van der Waals surface area (Å²) in [5.41, 5.74) is 0.601. The highest BCUT2D eigenvalue weighted by Crippen LogP contribution is 2.19. The molecule has 1 saturated carbocycles. The van der Waals surface area contributed by atoms with Crippen LogP contribution in [0.3, 0.4) is 0 Å². The fourth-order valence-electron chi connectivity index (χ4n) is 2.62. The first-order chi connectivity index (χ1) is 10.6. The van der Waals surface area contributed by atoms with Crippen LogP contribution in [0.4, 0.5) is 0 Å². The van der Waals surface area contributed by atoms with Gasteiger partial charge >= 0.3 is 5.97 Å². The fraction of sp³-hybridized carbons (Fsp3) is 0.529. The van der Waals surface area contributed by atoms with Crippen LogP contribution < -0.4 is 10.1 Å². The molecule has 2 rings (SSSR count). The van der Waals surface area contributed by atoms with E-state index in [4.69, 9.17) is 4.74 Å². The zero-order valence-electron chi connectivity index (χ0n) is 13.1. The summed E-state index contributed by atoms with van der Waals surface area (Å²) in [5.74, 6) is 0.0469. The number of rotatable bonds is 5. The number of methoxy groups -OCH3 is 1. The molecule has 0 saturated heterocycles. The zero-order chi connectivity index (χ0) is 15.9. The van der Waals surface area contributed by atoms with E-state index in [-0.39, 0.29) is 11.9 Å². The summed E-state index contributed by atoms with van der Waals surface area (Å²) < 4.78 is 10.0. The molecule has 0 spiro atoms. The number of ether oxygens (including phenoxy) is 2. The average Bonchev–Trinajstić information content (AvgIpc) is 2.55. The van der Waals surface area contributed by atoms with Gasteiger partial charge in [0.1, 0.15) is 5.75 Å². The van der Waals surface area contributed by atoms with Crippen molar-refractivity contribution < 1.29 is 19.1 Å². The van der Waals surface area contributed by atoms with Crippen molar-refractivity contribution in [3.8, 4) is 5.75 Å². The van der Waals surface area contributed by atoms with Crippen molar-refractivity contribution in [1.29, 1.82) is 0 Å². The van der Waals surface area contributed by atoms with Gasteiger partial charge in [-0.1, -0.05) is 19.3 Å². The van der Waals surface area contributed by atoms with E-state index < -0.39 is 12.1 Å². The fourth-order valence-corrected chi connectivity index (χ4v) is 2.62. The molecule has 0 unspecified atom stereocenters. The minimum atomic E-state index is -0.674. The number of nitrogens with one attached hydrogen (secondary N) is 1. The standard InChI is InChI=1S/C17H23NO4/c1-12(17(20)21-2)22-15-10-8-13(9-11-15)16(19)18-14-6-4-3-5-7-14/h8-12,14H,3-7H2,1-2H3,(H,18,19)/t12-/m1/s1. The molecule has 1 amide bonds. The highest BCUT2D eigenvalue weighted by atomic mass is 16.6. The first-order valence-electron chi connectivity index (χ1n) is 7.75. The maximum absolute atomic E-state index is 12.2. The maximum Gasteiger partial charge on any atom is 0.346 e. The largest absolute Gasteiger partial charge is 0.479 e. The molecule has 22 heavy (non-hydrogen) atoms. The summed E-state index contributed by atoms with van der Waals surface area (Å²) >= 11 is 0. The highest BCUT2D eigenvalue weighted by molar-refractivity contribution is 5.94. The quantitative estimate of drug-likeness (QED) is 0.850. The van der Waals surface area contributed by atoms with Crippen molar-refractivity contribution in [2.24, 2.45) is 0 Å². The van der Waals surface area contributed by atoms with Gasteiger partial charge in [-0.3, -0.25) is 4.79 Å². The van der Waals surface area contributed by atoms with Crippen LogP contribution >= 0.6 is 0 Å². The van der Waals surface area contributed by atoms with E-state index in [1.165, 1.54) is 26.4 Å². The van der Waals surface area contributed by atoms with E-state index in [1.807, 2.05) is 0 Å². The SMILES string of the molecule is COC(=O)[C@@H](C)Oc1ccc(C(=O)NC2CCCCC2)cc1. The topological polar surface area (TPSA) is 64.6 Å². The van der Waals surface area contributed by atoms with Gasteiger partial charge in [0.25, 0.3) is 5.91 Å². The minimum Gasteiger partial charge on any atom is -0.479 e. The van der Waals surface area contributed by atoms with Crippen molar-refractivity contribution in [3.05, 3.63) is 29.8 Å². The number of amides is 1. The van der Waals surface area contributed by atoms with Crippen molar-refractivity contribution in [2.75, 3.05) is 7.11 Å². The van der Waals surface area contributed by atoms with Crippen LogP contribution in [0.5, 0.6) is 5.75 Å². The Morgan fingerprint density at radius 1 is 1.14 bits per heavy atom. The molecular formula is C17H23NO4. The van der Waals surface area contributed by atoms with Crippen LogP contribution in [-0.4, -0.2) is 31.1 Å². The number of carbonyl (C=O) groups is 2. The van der Waals surface area contributed by atoms with Gasteiger partial charge in [0.2, 0.25) is 0 Å². The van der Waals surface area contributed by atoms with Crippen LogP contribution in [0.15, 0.2) is 24.3 Å². The predicted molar refractivity (Wildman–Crippen MR) is 82.9 cm³/mol. The second kappa shape index (κ2) is 7.82. The first-order valence-corrected chi connectivity index (χ1v) is 7.75. The van der Waals surface area contributed by atoms with Gasteiger partial charge in [0.15, 0.2) is 6.10 Å². The smallest absolute Gasteiger partial charge is 0.346 e. The van der Waals surface area contributed by atoms with Gasteiger partial charge in [0.05, 0.1) is 7.11 Å². The van der Waals surface area contributed by atoms with Gasteiger partial charge in [0, 0.05) is 11.6 Å². The lowest BCUT2D eigenvalue weighted by Crippen LogP contribution is -2.36. The third kappa shape index (κ3) is 4.48. The first kappa shape index (κ1) is 16.3. The summed E-state index contributed by atoms with van der Waals surface area (Å²) in [6.07, 6.45) is 5.07. The summed E-state index contributed by atoms with van der Waals surface area (Å²) in [6, 6.07) is 7.08. The lowest BCUT2D eigenvalue weighted by atomic mass is 9.95. The van der Waals surface area contributed by atoms with E-state index in [9.17, 15) is 9.59 Å². The van der Waals surface area contributed by atoms with Crippen LogP contribution in [0.1, 0.15) is 49.4 Å². The average molecular weight is 305 g/mol. The molecule has 1 atom stereocenters. The molecule has 120 valence electrons. The summed E-state index contributed by atoms with van der Waals surface area (Å²) in [6.45, 7) is 1.62. The van der Waals surface area contributed by atoms with Gasteiger partial charge in [-0.15, -0.1) is 0 Å². The second-order valence-corrected chi connectivity index (χ2v) is 5.62. The number of esters is 1. The van der Waals surface area contributed by atoms with E-state index in [2.05, 4.69) is 10.1 Å². The van der Waals surface area contributed by atoms with E-state index in [1.54, 1.807) is 31.2 Å². The lowest BCUT2D eigenvalue weighted by molar-refractivity contribution is -0.147. The molecular weight excluding hydrogens is 282 g/mol. The minimum absolute atomic E-state index is 0.0560. The number of hydrogen-bond acceptors (Lipinski definition) is 4. The Hall–Kier alpha value is -2.04. The molecule has 0 radical (unpaired) electrons. The Balaban J connectivity index is 1.90. The number of benzene rings is 1. The molecule has 1 aliphatic carbocycles. The van der Waals surface area contributed by atoms with Crippen LogP contribution in [0, 0.1) is 0 Å². The van der Waals surface area contributed by atoms with E-state index in [0.717, 1.165) is 12.8 Å². The van der Waals surface area contributed by atoms with Crippen LogP contribution in [0.2, 0.25) is 0 Å². The molecule has 1 N–H and O–H groups in total. The second-order valence-electron chi connectivity index (χ2n) is 5.62. The summed E-state index contributed by atoms with van der Waals surface area (Å²) in [5, 5.41) is 3.07. The summed E-state index contributed by atoms with van der Waals surface area (Å²) in [7, 11) is 1.32. The molecule has 1 aromatic rings. The zero-order valence-corrected chi connectivity index (χ0v) is 13.1.